The normalized spacial score (nSPS) is 10.2. The van der Waals surface area contributed by atoms with E-state index < -0.39 is 5.91 Å². The van der Waals surface area contributed by atoms with Gasteiger partial charge in [-0.05, 0) is 30.2 Å². The van der Waals surface area contributed by atoms with E-state index in [1.54, 1.807) is 18.2 Å². The Kier molecular flexibility index (Phi) is 3.71. The summed E-state index contributed by atoms with van der Waals surface area (Å²) in [5.41, 5.74) is 14.0. The van der Waals surface area contributed by atoms with Gasteiger partial charge in [0, 0.05) is 0 Å². The smallest absolute Gasteiger partial charge is 0.252 e. The number of hydrogen-bond acceptors (Lipinski definition) is 3. The van der Waals surface area contributed by atoms with E-state index in [9.17, 15) is 4.79 Å². The minimum atomic E-state index is -0.549. The van der Waals surface area contributed by atoms with Crippen molar-refractivity contribution in [3.8, 4) is 5.75 Å². The van der Waals surface area contributed by atoms with Crippen LogP contribution in [0.15, 0.2) is 42.5 Å². The number of carbonyl (C=O) groups is 1. The highest BCUT2D eigenvalue weighted by Gasteiger charge is 2.12. The van der Waals surface area contributed by atoms with Crippen molar-refractivity contribution in [3.63, 3.8) is 0 Å². The molecule has 0 aliphatic rings. The van der Waals surface area contributed by atoms with Gasteiger partial charge in [-0.3, -0.25) is 4.79 Å². The van der Waals surface area contributed by atoms with Crippen LogP contribution in [0, 0.1) is 6.92 Å². The molecule has 0 aliphatic heterocycles. The molecule has 4 heteroatoms. The van der Waals surface area contributed by atoms with Crippen LogP contribution in [-0.2, 0) is 6.61 Å². The molecule has 0 heterocycles. The molecule has 1 amide bonds. The quantitative estimate of drug-likeness (QED) is 0.823. The number of hydrogen-bond donors (Lipinski definition) is 2. The van der Waals surface area contributed by atoms with E-state index in [1.807, 2.05) is 31.2 Å². The van der Waals surface area contributed by atoms with Crippen LogP contribution in [0.5, 0.6) is 5.75 Å². The lowest BCUT2D eigenvalue weighted by Crippen LogP contribution is -2.14. The summed E-state index contributed by atoms with van der Waals surface area (Å²) < 4.78 is 5.67. The number of primary amides is 1. The van der Waals surface area contributed by atoms with E-state index in [0.29, 0.717) is 23.6 Å². The maximum Gasteiger partial charge on any atom is 0.252 e. The molecule has 2 aromatic rings. The fourth-order valence-corrected chi connectivity index (χ4v) is 1.83. The van der Waals surface area contributed by atoms with Crippen molar-refractivity contribution in [1.29, 1.82) is 0 Å². The topological polar surface area (TPSA) is 78.3 Å². The molecule has 0 unspecified atom stereocenters. The summed E-state index contributed by atoms with van der Waals surface area (Å²) in [6, 6.07) is 12.8. The van der Waals surface area contributed by atoms with Crippen LogP contribution in [-0.4, -0.2) is 5.91 Å². The molecule has 0 fully saturated rings. The number of ether oxygens (including phenoxy) is 1. The highest BCUT2D eigenvalue weighted by molar-refractivity contribution is 5.97. The zero-order chi connectivity index (χ0) is 13.8. The molecular formula is C15H16N2O2. The van der Waals surface area contributed by atoms with Crippen molar-refractivity contribution in [1.82, 2.24) is 0 Å². The van der Waals surface area contributed by atoms with Gasteiger partial charge in [-0.25, -0.2) is 0 Å². The molecule has 0 radical (unpaired) electrons. The Morgan fingerprint density at radius 3 is 2.58 bits per heavy atom. The molecule has 2 aromatic carbocycles. The first kappa shape index (κ1) is 13.0. The summed E-state index contributed by atoms with van der Waals surface area (Å²) in [7, 11) is 0. The number of amides is 1. The van der Waals surface area contributed by atoms with E-state index in [1.165, 1.54) is 0 Å². The summed E-state index contributed by atoms with van der Waals surface area (Å²) in [5, 5.41) is 0. The Bertz CT molecular complexity index is 609. The standard InChI is InChI=1S/C15H16N2O2/c1-10-5-2-3-6-11(10)9-19-14-12(15(17)18)7-4-8-13(14)16/h2-8H,9,16H2,1H3,(H2,17,18). The van der Waals surface area contributed by atoms with Crippen LogP contribution >= 0.6 is 0 Å². The molecule has 98 valence electrons. The lowest BCUT2D eigenvalue weighted by molar-refractivity contribution is 0.0996. The van der Waals surface area contributed by atoms with Crippen LogP contribution in [0.2, 0.25) is 0 Å². The number of anilines is 1. The maximum absolute atomic E-state index is 11.3. The molecule has 0 atom stereocenters. The van der Waals surface area contributed by atoms with Gasteiger partial charge < -0.3 is 16.2 Å². The van der Waals surface area contributed by atoms with Gasteiger partial charge in [0.2, 0.25) is 0 Å². The summed E-state index contributed by atoms with van der Waals surface area (Å²) in [6.07, 6.45) is 0. The number of nitrogen functional groups attached to an aromatic ring is 1. The summed E-state index contributed by atoms with van der Waals surface area (Å²) in [4.78, 5) is 11.3. The van der Waals surface area contributed by atoms with E-state index in [-0.39, 0.29) is 0 Å². The third kappa shape index (κ3) is 2.85. The first-order chi connectivity index (χ1) is 9.09. The number of nitrogens with two attached hydrogens (primary N) is 2. The first-order valence-electron chi connectivity index (χ1n) is 5.95. The van der Waals surface area contributed by atoms with Gasteiger partial charge in [0.25, 0.3) is 5.91 Å². The third-order valence-corrected chi connectivity index (χ3v) is 2.94. The Hall–Kier alpha value is -2.49. The van der Waals surface area contributed by atoms with Crippen LogP contribution in [0.3, 0.4) is 0 Å². The Balaban J connectivity index is 2.25. The lowest BCUT2D eigenvalue weighted by atomic mass is 10.1. The van der Waals surface area contributed by atoms with Crippen LogP contribution in [0.25, 0.3) is 0 Å². The molecule has 4 N–H and O–H groups in total. The van der Waals surface area contributed by atoms with Crippen molar-refractivity contribution in [2.24, 2.45) is 5.73 Å². The highest BCUT2D eigenvalue weighted by Crippen LogP contribution is 2.27. The molecule has 4 nitrogen and oxygen atoms in total. The van der Waals surface area contributed by atoms with Crippen LogP contribution < -0.4 is 16.2 Å². The SMILES string of the molecule is Cc1ccccc1COc1c(N)cccc1C(N)=O. The van der Waals surface area contributed by atoms with E-state index in [0.717, 1.165) is 11.1 Å². The average Bonchev–Trinajstić information content (AvgIpc) is 2.38. The van der Waals surface area contributed by atoms with Crippen molar-refractivity contribution < 1.29 is 9.53 Å². The third-order valence-electron chi connectivity index (χ3n) is 2.94. The van der Waals surface area contributed by atoms with Gasteiger partial charge >= 0.3 is 0 Å². The molecule has 0 aromatic heterocycles. The predicted molar refractivity (Wildman–Crippen MR) is 74.9 cm³/mol. The second-order valence-electron chi connectivity index (χ2n) is 4.30. The zero-order valence-electron chi connectivity index (χ0n) is 10.7. The second kappa shape index (κ2) is 5.44. The number of carbonyl (C=O) groups excluding carboxylic acids is 1. The number of rotatable bonds is 4. The number of para-hydroxylation sites is 1. The number of aryl methyl sites for hydroxylation is 1. The van der Waals surface area contributed by atoms with E-state index in [4.69, 9.17) is 16.2 Å². The Labute approximate surface area is 112 Å². The van der Waals surface area contributed by atoms with Crippen LogP contribution in [0.4, 0.5) is 5.69 Å². The molecule has 0 aliphatic carbocycles. The minimum Gasteiger partial charge on any atom is -0.486 e. The van der Waals surface area contributed by atoms with Gasteiger partial charge in [-0.2, -0.15) is 0 Å². The van der Waals surface area contributed by atoms with Gasteiger partial charge in [0.15, 0.2) is 5.75 Å². The van der Waals surface area contributed by atoms with E-state index >= 15 is 0 Å². The fourth-order valence-electron chi connectivity index (χ4n) is 1.83. The largest absolute Gasteiger partial charge is 0.486 e. The highest BCUT2D eigenvalue weighted by atomic mass is 16.5. The van der Waals surface area contributed by atoms with E-state index in [2.05, 4.69) is 0 Å². The molecule has 0 bridgehead atoms. The molecule has 0 saturated carbocycles. The maximum atomic E-state index is 11.3. The average molecular weight is 256 g/mol. The lowest BCUT2D eigenvalue weighted by Gasteiger charge is -2.13. The minimum absolute atomic E-state index is 0.300. The molecular weight excluding hydrogens is 240 g/mol. The van der Waals surface area contributed by atoms with Crippen molar-refractivity contribution in [2.45, 2.75) is 13.5 Å². The van der Waals surface area contributed by atoms with Gasteiger partial charge in [0.1, 0.15) is 6.61 Å². The van der Waals surface area contributed by atoms with Crippen molar-refractivity contribution in [3.05, 3.63) is 59.2 Å². The zero-order valence-corrected chi connectivity index (χ0v) is 10.7. The van der Waals surface area contributed by atoms with Crippen molar-refractivity contribution >= 4 is 11.6 Å². The molecule has 0 spiro atoms. The fraction of sp³-hybridized carbons (Fsp3) is 0.133. The first-order valence-corrected chi connectivity index (χ1v) is 5.95. The summed E-state index contributed by atoms with van der Waals surface area (Å²) in [6.45, 7) is 2.35. The van der Waals surface area contributed by atoms with Crippen LogP contribution in [0.1, 0.15) is 21.5 Å². The second-order valence-corrected chi connectivity index (χ2v) is 4.30. The van der Waals surface area contributed by atoms with Crippen molar-refractivity contribution in [2.75, 3.05) is 5.73 Å². The molecule has 0 saturated heterocycles. The van der Waals surface area contributed by atoms with Gasteiger partial charge in [-0.15, -0.1) is 0 Å². The predicted octanol–water partition coefficient (Wildman–Crippen LogP) is 2.26. The molecule has 2 rings (SSSR count). The summed E-state index contributed by atoms with van der Waals surface area (Å²) in [5.74, 6) is -0.203. The van der Waals surface area contributed by atoms with Gasteiger partial charge in [-0.1, -0.05) is 30.3 Å². The number of benzene rings is 2. The van der Waals surface area contributed by atoms with Gasteiger partial charge in [0.05, 0.1) is 11.3 Å². The molecule has 19 heavy (non-hydrogen) atoms. The monoisotopic (exact) mass is 256 g/mol. The Morgan fingerprint density at radius 2 is 1.89 bits per heavy atom. The summed E-state index contributed by atoms with van der Waals surface area (Å²) >= 11 is 0. The Morgan fingerprint density at radius 1 is 1.16 bits per heavy atom.